The summed E-state index contributed by atoms with van der Waals surface area (Å²) in [5.41, 5.74) is 0.216. The second kappa shape index (κ2) is 9.33. The summed E-state index contributed by atoms with van der Waals surface area (Å²) in [6.45, 7) is 1.48. The minimum absolute atomic E-state index is 0.109. The molecule has 2 aromatic rings. The van der Waals surface area contributed by atoms with E-state index in [-0.39, 0.29) is 17.5 Å². The Hall–Kier alpha value is -2.50. The van der Waals surface area contributed by atoms with Crippen molar-refractivity contribution >= 4 is 15.7 Å². The van der Waals surface area contributed by atoms with Crippen LogP contribution in [0.5, 0.6) is 0 Å². The predicted molar refractivity (Wildman–Crippen MR) is 109 cm³/mol. The number of hydrogen-bond acceptors (Lipinski definition) is 5. The highest BCUT2D eigenvalue weighted by Crippen LogP contribution is 2.30. The Balaban J connectivity index is 1.51. The first-order valence-electron chi connectivity index (χ1n) is 9.64. The highest BCUT2D eigenvalue weighted by atomic mass is 32.2. The number of nitro benzene ring substituents is 1. The van der Waals surface area contributed by atoms with Crippen LogP contribution in [0.4, 0.5) is 18.9 Å². The van der Waals surface area contributed by atoms with Crippen molar-refractivity contribution < 1.29 is 26.5 Å². The molecule has 0 unspecified atom stereocenters. The lowest BCUT2D eigenvalue weighted by Crippen LogP contribution is -2.44. The average Bonchev–Trinajstić information content (AvgIpc) is 2.69. The van der Waals surface area contributed by atoms with E-state index in [4.69, 9.17) is 0 Å². The van der Waals surface area contributed by atoms with E-state index in [1.165, 1.54) is 30.3 Å². The van der Waals surface area contributed by atoms with Gasteiger partial charge < -0.3 is 0 Å². The quantitative estimate of drug-likeness (QED) is 0.506. The molecule has 1 heterocycles. The minimum Gasteiger partial charge on any atom is -0.299 e. The van der Waals surface area contributed by atoms with Crippen LogP contribution in [-0.4, -0.2) is 37.4 Å². The highest BCUT2D eigenvalue weighted by molar-refractivity contribution is 7.88. The molecule has 168 valence electrons. The van der Waals surface area contributed by atoms with Gasteiger partial charge in [0.15, 0.2) is 0 Å². The van der Waals surface area contributed by atoms with Crippen LogP contribution in [0.25, 0.3) is 0 Å². The van der Waals surface area contributed by atoms with Gasteiger partial charge in [0.05, 0.1) is 16.2 Å². The molecule has 0 aliphatic carbocycles. The third-order valence-electron chi connectivity index (χ3n) is 5.10. The Labute approximate surface area is 178 Å². The maximum Gasteiger partial charge on any atom is 0.416 e. The first kappa shape index (κ1) is 23.2. The maximum absolute atomic E-state index is 12.9. The molecule has 11 heteroatoms. The molecule has 31 heavy (non-hydrogen) atoms. The fraction of sp³-hybridized carbons (Fsp3) is 0.400. The Morgan fingerprint density at radius 3 is 2.29 bits per heavy atom. The van der Waals surface area contributed by atoms with Gasteiger partial charge in [0.2, 0.25) is 10.0 Å². The number of hydrogen-bond donors (Lipinski definition) is 1. The van der Waals surface area contributed by atoms with Gasteiger partial charge in [-0.05, 0) is 30.0 Å². The summed E-state index contributed by atoms with van der Waals surface area (Å²) >= 11 is 0. The lowest BCUT2D eigenvalue weighted by atomic mass is 10.0. The topological polar surface area (TPSA) is 92.5 Å². The van der Waals surface area contributed by atoms with Crippen molar-refractivity contribution in [1.29, 1.82) is 0 Å². The van der Waals surface area contributed by atoms with Crippen LogP contribution in [0.15, 0.2) is 48.5 Å². The van der Waals surface area contributed by atoms with Gasteiger partial charge in [-0.15, -0.1) is 0 Å². The van der Waals surface area contributed by atoms with Gasteiger partial charge in [-0.1, -0.05) is 30.3 Å². The number of nitrogens with one attached hydrogen (secondary N) is 1. The largest absolute Gasteiger partial charge is 0.416 e. The summed E-state index contributed by atoms with van der Waals surface area (Å²) in [6, 6.07) is 10.3. The Morgan fingerprint density at radius 2 is 1.71 bits per heavy atom. The molecule has 1 N–H and O–H groups in total. The first-order chi connectivity index (χ1) is 14.5. The zero-order chi connectivity index (χ0) is 22.6. The third-order valence-corrected chi connectivity index (χ3v) is 6.50. The van der Waals surface area contributed by atoms with Gasteiger partial charge >= 0.3 is 6.18 Å². The van der Waals surface area contributed by atoms with Gasteiger partial charge in [-0.2, -0.15) is 13.2 Å². The minimum atomic E-state index is -4.38. The lowest BCUT2D eigenvalue weighted by Gasteiger charge is -2.32. The Morgan fingerprint density at radius 1 is 1.06 bits per heavy atom. The van der Waals surface area contributed by atoms with Crippen LogP contribution in [0.2, 0.25) is 0 Å². The first-order valence-corrected chi connectivity index (χ1v) is 11.3. The Bertz CT molecular complexity index is 1020. The van der Waals surface area contributed by atoms with Gasteiger partial charge in [-0.25, -0.2) is 13.1 Å². The standard InChI is InChI=1S/C20H22F3N3O4S/c21-20(22,23)17-3-1-2-16(12-17)13-25-10-8-18(9-11-25)24-31(29,30)14-15-4-6-19(7-5-15)26(27)28/h1-7,12,18,24H,8-11,13-14H2. The zero-order valence-electron chi connectivity index (χ0n) is 16.5. The molecule has 0 atom stereocenters. The number of nitro groups is 1. The zero-order valence-corrected chi connectivity index (χ0v) is 17.3. The van der Waals surface area contributed by atoms with Crippen LogP contribution in [0.3, 0.4) is 0 Å². The second-order valence-corrected chi connectivity index (χ2v) is 9.30. The molecule has 0 amide bonds. The van der Waals surface area contributed by atoms with Gasteiger partial charge in [0.25, 0.3) is 5.69 Å². The SMILES string of the molecule is O=[N+]([O-])c1ccc(CS(=O)(=O)NC2CCN(Cc3cccc(C(F)(F)F)c3)CC2)cc1. The van der Waals surface area contributed by atoms with Crippen LogP contribution < -0.4 is 4.72 Å². The number of non-ortho nitro benzene ring substituents is 1. The molecule has 0 spiro atoms. The van der Waals surface area contributed by atoms with Crippen LogP contribution in [0, 0.1) is 10.1 Å². The van der Waals surface area contributed by atoms with Crippen LogP contribution in [0.1, 0.15) is 29.5 Å². The fourth-order valence-electron chi connectivity index (χ4n) is 3.54. The summed E-state index contributed by atoms with van der Waals surface area (Å²) in [5, 5.41) is 10.7. The molecule has 2 aromatic carbocycles. The van der Waals surface area contributed by atoms with Crippen molar-refractivity contribution in [3.8, 4) is 0 Å². The van der Waals surface area contributed by atoms with Crippen molar-refractivity contribution in [2.24, 2.45) is 0 Å². The molecule has 1 aliphatic rings. The van der Waals surface area contributed by atoms with Crippen molar-refractivity contribution in [1.82, 2.24) is 9.62 Å². The number of piperidine rings is 1. The maximum atomic E-state index is 12.9. The van der Waals surface area contributed by atoms with Gasteiger partial charge in [0.1, 0.15) is 0 Å². The van der Waals surface area contributed by atoms with Crippen molar-refractivity contribution in [3.63, 3.8) is 0 Å². The molecule has 3 rings (SSSR count). The van der Waals surface area contributed by atoms with Crippen LogP contribution in [-0.2, 0) is 28.5 Å². The Kier molecular flexibility index (Phi) is 6.97. The number of sulfonamides is 1. The molecule has 1 fully saturated rings. The molecular formula is C20H22F3N3O4S. The number of halogens is 3. The molecule has 0 bridgehead atoms. The molecule has 1 saturated heterocycles. The van der Waals surface area contributed by atoms with Crippen molar-refractivity contribution in [2.75, 3.05) is 13.1 Å². The average molecular weight is 457 g/mol. The van der Waals surface area contributed by atoms with E-state index >= 15 is 0 Å². The van der Waals surface area contributed by atoms with E-state index < -0.39 is 26.7 Å². The summed E-state index contributed by atoms with van der Waals surface area (Å²) in [4.78, 5) is 12.1. The normalized spacial score (nSPS) is 16.4. The summed E-state index contributed by atoms with van der Waals surface area (Å²) in [6.07, 6.45) is -3.30. The summed E-state index contributed by atoms with van der Waals surface area (Å²) in [7, 11) is -3.63. The second-order valence-electron chi connectivity index (χ2n) is 7.55. The van der Waals surface area contributed by atoms with E-state index in [2.05, 4.69) is 4.72 Å². The van der Waals surface area contributed by atoms with E-state index in [0.29, 0.717) is 43.6 Å². The number of benzene rings is 2. The van der Waals surface area contributed by atoms with E-state index in [0.717, 1.165) is 12.1 Å². The molecule has 0 aromatic heterocycles. The number of likely N-dealkylation sites (tertiary alicyclic amines) is 1. The summed E-state index contributed by atoms with van der Waals surface area (Å²) in [5.74, 6) is -0.282. The highest BCUT2D eigenvalue weighted by Gasteiger charge is 2.30. The van der Waals surface area contributed by atoms with Gasteiger partial charge in [-0.3, -0.25) is 15.0 Å². The van der Waals surface area contributed by atoms with Crippen molar-refractivity contribution in [2.45, 2.75) is 37.4 Å². The van der Waals surface area contributed by atoms with Crippen molar-refractivity contribution in [3.05, 3.63) is 75.3 Å². The van der Waals surface area contributed by atoms with Crippen LogP contribution >= 0.6 is 0 Å². The predicted octanol–water partition coefficient (Wildman–Crippen LogP) is 3.70. The molecule has 1 aliphatic heterocycles. The molecule has 0 radical (unpaired) electrons. The van der Waals surface area contributed by atoms with Gasteiger partial charge in [0, 0.05) is 37.8 Å². The number of nitrogens with zero attached hydrogens (tertiary/aromatic N) is 2. The van der Waals surface area contributed by atoms with E-state index in [1.807, 2.05) is 4.90 Å². The smallest absolute Gasteiger partial charge is 0.299 e. The summed E-state index contributed by atoms with van der Waals surface area (Å²) < 4.78 is 66.1. The van der Waals surface area contributed by atoms with E-state index in [9.17, 15) is 31.7 Å². The third kappa shape index (κ3) is 6.74. The van der Waals surface area contributed by atoms with E-state index in [1.54, 1.807) is 6.07 Å². The monoisotopic (exact) mass is 457 g/mol. The lowest BCUT2D eigenvalue weighted by molar-refractivity contribution is -0.384. The molecule has 7 nitrogen and oxygen atoms in total. The fourth-order valence-corrected chi connectivity index (χ4v) is 5.00. The number of alkyl halides is 3. The molecular weight excluding hydrogens is 435 g/mol. The molecule has 0 saturated carbocycles. The number of rotatable bonds is 7.